The summed E-state index contributed by atoms with van der Waals surface area (Å²) in [5, 5.41) is 21.5. The molecule has 224 valence electrons. The van der Waals surface area contributed by atoms with Crippen molar-refractivity contribution < 1.29 is 28.2 Å². The molecule has 1 aromatic carbocycles. The largest absolute Gasteiger partial charge is 0.469 e. The van der Waals surface area contributed by atoms with Crippen LogP contribution in [0, 0.1) is 17.3 Å². The molecule has 0 saturated heterocycles. The number of hydrogen-bond donors (Lipinski definition) is 2. The second kappa shape index (κ2) is 14.3. The first-order valence-electron chi connectivity index (χ1n) is 15.1. The van der Waals surface area contributed by atoms with Gasteiger partial charge in [-0.2, -0.15) is 0 Å². The maximum absolute atomic E-state index is 13.7. The maximum Gasteiger partial charge on any atom is 0.305 e. The number of rotatable bonds is 16. The Morgan fingerprint density at radius 2 is 1.93 bits per heavy atom. The summed E-state index contributed by atoms with van der Waals surface area (Å²) in [6.45, 7) is 5.92. The number of hydrogen-bond acceptors (Lipinski definition) is 6. The highest BCUT2D eigenvalue weighted by molar-refractivity contribution is 7.92. The average molecular weight is 575 g/mol. The van der Waals surface area contributed by atoms with Gasteiger partial charge in [0.1, 0.15) is 0 Å². The first-order chi connectivity index (χ1) is 19.0. The summed E-state index contributed by atoms with van der Waals surface area (Å²) in [4.78, 5) is 11.9. The Morgan fingerprint density at radius 3 is 2.58 bits per heavy atom. The number of sulfone groups is 1. The molecule has 2 N–H and O–H groups in total. The van der Waals surface area contributed by atoms with Crippen LogP contribution in [0.2, 0.25) is 0 Å². The number of esters is 1. The highest BCUT2D eigenvalue weighted by Gasteiger charge is 2.55. The van der Waals surface area contributed by atoms with Gasteiger partial charge in [0.2, 0.25) is 0 Å². The third-order valence-electron chi connectivity index (χ3n) is 9.13. The molecule has 6 nitrogen and oxygen atoms in total. The van der Waals surface area contributed by atoms with Gasteiger partial charge < -0.3 is 14.9 Å². The highest BCUT2D eigenvalue weighted by Crippen LogP contribution is 2.59. The van der Waals surface area contributed by atoms with E-state index in [1.54, 1.807) is 24.3 Å². The van der Waals surface area contributed by atoms with Crippen molar-refractivity contribution in [1.82, 2.24) is 0 Å². The van der Waals surface area contributed by atoms with E-state index in [0.717, 1.165) is 44.9 Å². The molecule has 3 rings (SSSR count). The third kappa shape index (κ3) is 8.07. The number of allylic oxidation sites excluding steroid dienone is 2. The van der Waals surface area contributed by atoms with Crippen molar-refractivity contribution in [2.75, 3.05) is 7.11 Å². The van der Waals surface area contributed by atoms with Crippen LogP contribution in [0.4, 0.5) is 0 Å². The molecule has 0 radical (unpaired) electrons. The molecule has 0 aromatic heterocycles. The highest BCUT2D eigenvalue weighted by atomic mass is 32.2. The lowest BCUT2D eigenvalue weighted by Crippen LogP contribution is -2.32. The monoisotopic (exact) mass is 574 g/mol. The smallest absolute Gasteiger partial charge is 0.305 e. The number of carbonyl (C=O) groups is 1. The lowest BCUT2D eigenvalue weighted by molar-refractivity contribution is -0.140. The molecule has 1 saturated carbocycles. The SMILES string of the molecule is CCCC[C@@](C)(O)C/C=C/[C@@H]1[C@H](O)C[C@@]2(CC(CC)S(=O)(=O)c3ccccc3)C=C(CCCCC(=O)OC)C[C@@H]12. The zero-order chi connectivity index (χ0) is 29.4. The molecule has 0 spiro atoms. The van der Waals surface area contributed by atoms with E-state index in [4.69, 9.17) is 4.74 Å². The van der Waals surface area contributed by atoms with Crippen molar-refractivity contribution in [2.24, 2.45) is 17.3 Å². The Balaban J connectivity index is 1.84. The van der Waals surface area contributed by atoms with Crippen LogP contribution in [-0.2, 0) is 19.4 Å². The van der Waals surface area contributed by atoms with Crippen LogP contribution >= 0.6 is 0 Å². The first-order valence-corrected chi connectivity index (χ1v) is 16.7. The number of unbranched alkanes of at least 4 members (excludes halogenated alkanes) is 2. The van der Waals surface area contributed by atoms with Crippen molar-refractivity contribution in [3.63, 3.8) is 0 Å². The van der Waals surface area contributed by atoms with Gasteiger partial charge in [-0.15, -0.1) is 0 Å². The van der Waals surface area contributed by atoms with Gasteiger partial charge in [-0.1, -0.05) is 68.7 Å². The molecule has 1 fully saturated rings. The zero-order valence-corrected chi connectivity index (χ0v) is 25.7. The Morgan fingerprint density at radius 1 is 1.20 bits per heavy atom. The lowest BCUT2D eigenvalue weighted by Gasteiger charge is -2.33. The minimum atomic E-state index is -3.53. The molecule has 6 atom stereocenters. The van der Waals surface area contributed by atoms with E-state index in [-0.39, 0.29) is 17.8 Å². The summed E-state index contributed by atoms with van der Waals surface area (Å²) < 4.78 is 32.1. The summed E-state index contributed by atoms with van der Waals surface area (Å²) in [6.07, 6.45) is 14.3. The number of aliphatic hydroxyl groups is 2. The van der Waals surface area contributed by atoms with Crippen molar-refractivity contribution in [2.45, 2.75) is 120 Å². The Kier molecular flexibility index (Phi) is 11.6. The number of ether oxygens (including phenoxy) is 1. The van der Waals surface area contributed by atoms with Crippen LogP contribution in [0.3, 0.4) is 0 Å². The van der Waals surface area contributed by atoms with Crippen LogP contribution in [0.25, 0.3) is 0 Å². The van der Waals surface area contributed by atoms with Crippen LogP contribution in [0.1, 0.15) is 97.8 Å². The summed E-state index contributed by atoms with van der Waals surface area (Å²) in [7, 11) is -2.12. The van der Waals surface area contributed by atoms with E-state index < -0.39 is 32.2 Å². The minimum Gasteiger partial charge on any atom is -0.469 e. The molecule has 0 aliphatic heterocycles. The summed E-state index contributed by atoms with van der Waals surface area (Å²) >= 11 is 0. The van der Waals surface area contributed by atoms with Gasteiger partial charge in [0.05, 0.1) is 29.0 Å². The van der Waals surface area contributed by atoms with Gasteiger partial charge in [0.15, 0.2) is 9.84 Å². The fourth-order valence-electron chi connectivity index (χ4n) is 6.87. The molecular formula is C33H50O6S. The van der Waals surface area contributed by atoms with E-state index in [0.29, 0.717) is 37.0 Å². The zero-order valence-electron chi connectivity index (χ0n) is 24.8. The number of methoxy groups -OCH3 is 1. The molecule has 0 heterocycles. The Bertz CT molecular complexity index is 1120. The summed E-state index contributed by atoms with van der Waals surface area (Å²) in [6, 6.07) is 8.69. The molecule has 1 aromatic rings. The molecule has 2 aliphatic rings. The van der Waals surface area contributed by atoms with Crippen molar-refractivity contribution >= 4 is 15.8 Å². The molecule has 1 unspecified atom stereocenters. The summed E-state index contributed by atoms with van der Waals surface area (Å²) in [5.74, 6) is -0.188. The predicted molar refractivity (Wildman–Crippen MR) is 159 cm³/mol. The van der Waals surface area contributed by atoms with Gasteiger partial charge in [-0.05, 0) is 88.2 Å². The van der Waals surface area contributed by atoms with E-state index in [1.165, 1.54) is 12.7 Å². The van der Waals surface area contributed by atoms with Gasteiger partial charge >= 0.3 is 5.97 Å². The van der Waals surface area contributed by atoms with Crippen molar-refractivity contribution in [3.05, 3.63) is 54.1 Å². The topological polar surface area (TPSA) is 101 Å². The third-order valence-corrected chi connectivity index (χ3v) is 11.4. The first kappa shape index (κ1) is 32.6. The van der Waals surface area contributed by atoms with E-state index >= 15 is 0 Å². The van der Waals surface area contributed by atoms with E-state index in [9.17, 15) is 23.4 Å². The normalized spacial score (nSPS) is 26.9. The molecular weight excluding hydrogens is 524 g/mol. The molecule has 7 heteroatoms. The summed E-state index contributed by atoms with van der Waals surface area (Å²) in [5.41, 5.74) is 0.115. The molecule has 0 bridgehead atoms. The van der Waals surface area contributed by atoms with Crippen LogP contribution in [0.5, 0.6) is 0 Å². The fourth-order valence-corrected chi connectivity index (χ4v) is 8.76. The van der Waals surface area contributed by atoms with E-state index in [1.807, 2.05) is 26.0 Å². The van der Waals surface area contributed by atoms with Crippen molar-refractivity contribution in [1.29, 1.82) is 0 Å². The fraction of sp³-hybridized carbons (Fsp3) is 0.667. The van der Waals surface area contributed by atoms with Gasteiger partial charge in [0.25, 0.3) is 0 Å². The second-order valence-corrected chi connectivity index (χ2v) is 14.5. The Labute approximate surface area is 241 Å². The van der Waals surface area contributed by atoms with Gasteiger partial charge in [-0.3, -0.25) is 4.79 Å². The van der Waals surface area contributed by atoms with Crippen LogP contribution in [-0.4, -0.2) is 48.7 Å². The van der Waals surface area contributed by atoms with Crippen molar-refractivity contribution in [3.8, 4) is 0 Å². The molecule has 0 amide bonds. The quantitative estimate of drug-likeness (QED) is 0.132. The second-order valence-electron chi connectivity index (χ2n) is 12.3. The van der Waals surface area contributed by atoms with Crippen LogP contribution < -0.4 is 0 Å². The number of carbonyl (C=O) groups excluding carboxylic acids is 1. The number of fused-ring (bicyclic) bond motifs is 1. The maximum atomic E-state index is 13.7. The lowest BCUT2D eigenvalue weighted by atomic mass is 9.74. The minimum absolute atomic E-state index is 0.0947. The predicted octanol–water partition coefficient (Wildman–Crippen LogP) is 6.56. The van der Waals surface area contributed by atoms with Gasteiger partial charge in [0, 0.05) is 12.3 Å². The molecule has 2 aliphatic carbocycles. The van der Waals surface area contributed by atoms with Crippen LogP contribution in [0.15, 0.2) is 59.0 Å². The van der Waals surface area contributed by atoms with Gasteiger partial charge in [-0.25, -0.2) is 8.42 Å². The Hall–Kier alpha value is -1.96. The standard InChI is InChI=1S/C33H50O6S/c1-5-7-19-32(3,36)20-13-17-28-29-21-25(14-11-12-18-31(35)39-4)22-33(29,24-30(28)34)23-26(6-2)40(37,38)27-15-9-8-10-16-27/h8-10,13,15-17,22,26,28-30,34,36H,5-7,11-12,14,18-21,23-24H2,1-4H3/b17-13+/t26?,28-,29-,30+,32+,33-/m0/s1. The molecule has 40 heavy (non-hydrogen) atoms. The number of aliphatic hydroxyl groups excluding tert-OH is 1. The van der Waals surface area contributed by atoms with E-state index in [2.05, 4.69) is 19.1 Å². The average Bonchev–Trinajstić information content (AvgIpc) is 3.39. The number of benzene rings is 1.